The van der Waals surface area contributed by atoms with Crippen LogP contribution in [0.4, 0.5) is 5.82 Å². The van der Waals surface area contributed by atoms with Crippen molar-refractivity contribution in [2.75, 3.05) is 18.0 Å². The van der Waals surface area contributed by atoms with Crippen LogP contribution in [0.2, 0.25) is 5.02 Å². The number of hydrogen-bond acceptors (Lipinski definition) is 5. The predicted octanol–water partition coefficient (Wildman–Crippen LogP) is 4.20. The average Bonchev–Trinajstić information content (AvgIpc) is 3.15. The van der Waals surface area contributed by atoms with E-state index in [0.29, 0.717) is 11.6 Å². The zero-order valence-corrected chi connectivity index (χ0v) is 16.1. The minimum atomic E-state index is -0.285. The summed E-state index contributed by atoms with van der Waals surface area (Å²) in [4.78, 5) is 8.43. The van der Waals surface area contributed by atoms with Crippen molar-refractivity contribution in [1.82, 2.24) is 10.3 Å². The first-order chi connectivity index (χ1) is 12.7. The molecule has 0 unspecified atom stereocenters. The van der Waals surface area contributed by atoms with Crippen molar-refractivity contribution in [2.45, 2.75) is 32.0 Å². The number of hydrogen-bond donors (Lipinski definition) is 2. The maximum absolute atomic E-state index is 10.1. The van der Waals surface area contributed by atoms with E-state index >= 15 is 0 Å². The molecular weight excluding hydrogens is 366 g/mol. The number of piperidine rings is 1. The Morgan fingerprint density at radius 1 is 1.27 bits per heavy atom. The number of nitrogens with zero attached hydrogens (tertiary/aromatic N) is 2. The average molecular weight is 388 g/mol. The second-order valence-corrected chi connectivity index (χ2v) is 8.20. The number of aliphatic hydroxyl groups is 1. The molecule has 4 rings (SSSR count). The highest BCUT2D eigenvalue weighted by Crippen LogP contribution is 2.28. The van der Waals surface area contributed by atoms with Gasteiger partial charge in [-0.2, -0.15) is 0 Å². The van der Waals surface area contributed by atoms with Crippen molar-refractivity contribution < 1.29 is 5.11 Å². The zero-order valence-electron chi connectivity index (χ0n) is 14.5. The lowest BCUT2D eigenvalue weighted by molar-refractivity contribution is 0.154. The molecule has 0 saturated carbocycles. The third-order valence-electron chi connectivity index (χ3n) is 4.73. The number of thiophene rings is 1. The number of β-amino-alcohol motifs (C(OH)–C–C–N with tert-alkyl or cyclic N) is 1. The van der Waals surface area contributed by atoms with Gasteiger partial charge in [-0.25, -0.2) is 4.98 Å². The molecule has 2 aromatic heterocycles. The molecule has 3 aromatic rings. The number of rotatable bonds is 5. The van der Waals surface area contributed by atoms with Gasteiger partial charge in [-0.1, -0.05) is 23.7 Å². The largest absolute Gasteiger partial charge is 0.391 e. The van der Waals surface area contributed by atoms with Gasteiger partial charge in [-0.3, -0.25) is 0 Å². The standard InChI is InChI=1S/C20H22ClN3OS/c21-16-6-5-14-9-15(11-22-12-18-4-2-8-26-18)20(23-19(14)10-16)24-7-1-3-17(25)13-24/h2,4-6,8-10,17,22,25H,1,3,7,11-13H2/t17-/m1/s1. The minimum Gasteiger partial charge on any atom is -0.391 e. The lowest BCUT2D eigenvalue weighted by atomic mass is 10.1. The molecule has 0 aliphatic carbocycles. The molecule has 0 amide bonds. The SMILES string of the molecule is O[C@@H]1CCCN(c2nc3cc(Cl)ccc3cc2CNCc2cccs2)C1. The fraction of sp³-hybridized carbons (Fsp3) is 0.350. The molecule has 1 aromatic carbocycles. The number of pyridine rings is 1. The van der Waals surface area contributed by atoms with E-state index in [2.05, 4.69) is 33.8 Å². The minimum absolute atomic E-state index is 0.285. The summed E-state index contributed by atoms with van der Waals surface area (Å²) in [6.45, 7) is 3.15. The van der Waals surface area contributed by atoms with E-state index in [0.717, 1.165) is 54.8 Å². The molecule has 136 valence electrons. The summed E-state index contributed by atoms with van der Waals surface area (Å²) in [6.07, 6.45) is 1.56. The molecule has 1 saturated heterocycles. The van der Waals surface area contributed by atoms with Crippen LogP contribution in [0.3, 0.4) is 0 Å². The number of nitrogens with one attached hydrogen (secondary N) is 1. The Balaban J connectivity index is 1.63. The van der Waals surface area contributed by atoms with E-state index in [1.165, 1.54) is 4.88 Å². The molecule has 4 nitrogen and oxygen atoms in total. The van der Waals surface area contributed by atoms with E-state index in [1.54, 1.807) is 11.3 Å². The quantitative estimate of drug-likeness (QED) is 0.688. The molecule has 0 bridgehead atoms. The Labute approximate surface area is 162 Å². The Bertz CT molecular complexity index is 884. The van der Waals surface area contributed by atoms with Crippen molar-refractivity contribution >= 4 is 39.7 Å². The van der Waals surface area contributed by atoms with Crippen molar-refractivity contribution in [3.8, 4) is 0 Å². The van der Waals surface area contributed by atoms with Crippen molar-refractivity contribution in [1.29, 1.82) is 0 Å². The molecule has 0 radical (unpaired) electrons. The zero-order chi connectivity index (χ0) is 17.9. The molecule has 2 N–H and O–H groups in total. The Kier molecular flexibility index (Phi) is 5.41. The second kappa shape index (κ2) is 7.92. The Hall–Kier alpha value is -1.66. The fourth-order valence-electron chi connectivity index (χ4n) is 3.46. The Morgan fingerprint density at radius 3 is 3.00 bits per heavy atom. The summed E-state index contributed by atoms with van der Waals surface area (Å²) in [5.74, 6) is 0.956. The van der Waals surface area contributed by atoms with Gasteiger partial charge in [-0.05, 0) is 42.5 Å². The number of anilines is 1. The van der Waals surface area contributed by atoms with Crippen molar-refractivity contribution in [2.24, 2.45) is 0 Å². The number of fused-ring (bicyclic) bond motifs is 1. The van der Waals surface area contributed by atoms with Crippen LogP contribution in [0.25, 0.3) is 10.9 Å². The van der Waals surface area contributed by atoms with Gasteiger partial charge in [0.1, 0.15) is 5.82 Å². The molecule has 1 aliphatic heterocycles. The number of benzene rings is 1. The van der Waals surface area contributed by atoms with Gasteiger partial charge in [-0.15, -0.1) is 11.3 Å². The molecule has 0 spiro atoms. The molecule has 6 heteroatoms. The highest BCUT2D eigenvalue weighted by molar-refractivity contribution is 7.09. The van der Waals surface area contributed by atoms with Crippen LogP contribution < -0.4 is 10.2 Å². The maximum atomic E-state index is 10.1. The van der Waals surface area contributed by atoms with Gasteiger partial charge < -0.3 is 15.3 Å². The summed E-state index contributed by atoms with van der Waals surface area (Å²) in [5.41, 5.74) is 2.06. The third-order valence-corrected chi connectivity index (χ3v) is 5.84. The van der Waals surface area contributed by atoms with Gasteiger partial charge in [0.25, 0.3) is 0 Å². The number of halogens is 1. The summed E-state index contributed by atoms with van der Waals surface area (Å²) in [6, 6.07) is 12.2. The van der Waals surface area contributed by atoms with Gasteiger partial charge in [0, 0.05) is 47.0 Å². The summed E-state index contributed by atoms with van der Waals surface area (Å²) >= 11 is 7.91. The molecular formula is C20H22ClN3OS. The second-order valence-electron chi connectivity index (χ2n) is 6.73. The van der Waals surface area contributed by atoms with Gasteiger partial charge in [0.15, 0.2) is 0 Å². The highest BCUT2D eigenvalue weighted by Gasteiger charge is 2.21. The van der Waals surface area contributed by atoms with Crippen LogP contribution >= 0.6 is 22.9 Å². The normalized spacial score (nSPS) is 17.8. The highest BCUT2D eigenvalue weighted by atomic mass is 35.5. The third kappa shape index (κ3) is 4.01. The molecule has 26 heavy (non-hydrogen) atoms. The van der Waals surface area contributed by atoms with Crippen molar-refractivity contribution in [3.05, 3.63) is 57.2 Å². The summed E-state index contributed by atoms with van der Waals surface area (Å²) in [7, 11) is 0. The predicted molar refractivity (Wildman–Crippen MR) is 109 cm³/mol. The first-order valence-corrected chi connectivity index (χ1v) is 10.2. The number of aliphatic hydroxyl groups excluding tert-OH is 1. The molecule has 1 atom stereocenters. The lowest BCUT2D eigenvalue weighted by Gasteiger charge is -2.32. The molecule has 1 aliphatic rings. The Morgan fingerprint density at radius 2 is 2.19 bits per heavy atom. The van der Waals surface area contributed by atoms with Crippen LogP contribution in [0.15, 0.2) is 41.8 Å². The van der Waals surface area contributed by atoms with E-state index in [1.807, 2.05) is 18.2 Å². The topological polar surface area (TPSA) is 48.4 Å². The van der Waals surface area contributed by atoms with E-state index in [9.17, 15) is 5.11 Å². The van der Waals surface area contributed by atoms with Crippen LogP contribution in [0.5, 0.6) is 0 Å². The first-order valence-electron chi connectivity index (χ1n) is 8.94. The van der Waals surface area contributed by atoms with E-state index in [4.69, 9.17) is 16.6 Å². The molecule has 1 fully saturated rings. The molecule has 3 heterocycles. The smallest absolute Gasteiger partial charge is 0.133 e. The van der Waals surface area contributed by atoms with Crippen LogP contribution in [-0.4, -0.2) is 29.3 Å². The summed E-state index contributed by atoms with van der Waals surface area (Å²) < 4.78 is 0. The van der Waals surface area contributed by atoms with Crippen molar-refractivity contribution in [3.63, 3.8) is 0 Å². The lowest BCUT2D eigenvalue weighted by Crippen LogP contribution is -2.39. The van der Waals surface area contributed by atoms with Crippen LogP contribution in [0.1, 0.15) is 23.3 Å². The summed E-state index contributed by atoms with van der Waals surface area (Å²) in [5, 5.41) is 17.5. The van der Waals surface area contributed by atoms with Gasteiger partial charge >= 0.3 is 0 Å². The fourth-order valence-corrected chi connectivity index (χ4v) is 4.30. The van der Waals surface area contributed by atoms with Crippen LogP contribution in [-0.2, 0) is 13.1 Å². The van der Waals surface area contributed by atoms with Gasteiger partial charge in [0.05, 0.1) is 11.6 Å². The monoisotopic (exact) mass is 387 g/mol. The van der Waals surface area contributed by atoms with E-state index in [-0.39, 0.29) is 6.10 Å². The maximum Gasteiger partial charge on any atom is 0.133 e. The number of aromatic nitrogens is 1. The first kappa shape index (κ1) is 17.7. The van der Waals surface area contributed by atoms with Crippen LogP contribution in [0, 0.1) is 0 Å². The van der Waals surface area contributed by atoms with E-state index < -0.39 is 0 Å². The van der Waals surface area contributed by atoms with Gasteiger partial charge in [0.2, 0.25) is 0 Å².